The molecule has 0 aliphatic carbocycles. The van der Waals surface area contributed by atoms with Crippen LogP contribution in [0, 0.1) is 0 Å². The van der Waals surface area contributed by atoms with Crippen LogP contribution in [0.5, 0.6) is 11.5 Å². The summed E-state index contributed by atoms with van der Waals surface area (Å²) in [6.07, 6.45) is 3.32. The van der Waals surface area contributed by atoms with Gasteiger partial charge in [-0.3, -0.25) is 4.79 Å². The summed E-state index contributed by atoms with van der Waals surface area (Å²) in [6.45, 7) is 4.26. The number of rotatable bonds is 7. The summed E-state index contributed by atoms with van der Waals surface area (Å²) < 4.78 is 7.70. The Kier molecular flexibility index (Phi) is 6.28. The van der Waals surface area contributed by atoms with Crippen molar-refractivity contribution in [2.75, 3.05) is 31.4 Å². The molecule has 170 valence electrons. The molecule has 0 saturated carbocycles. The molecule has 0 radical (unpaired) electrons. The first-order valence-corrected chi connectivity index (χ1v) is 10.7. The van der Waals surface area contributed by atoms with Crippen LogP contribution in [0.3, 0.4) is 0 Å². The Labute approximate surface area is 193 Å². The van der Waals surface area contributed by atoms with Gasteiger partial charge in [-0.25, -0.2) is 19.7 Å². The summed E-state index contributed by atoms with van der Waals surface area (Å²) in [5, 5.41) is 2.41. The quantitative estimate of drug-likeness (QED) is 0.465. The van der Waals surface area contributed by atoms with Gasteiger partial charge in [0, 0.05) is 25.2 Å². The summed E-state index contributed by atoms with van der Waals surface area (Å²) >= 11 is 0. The van der Waals surface area contributed by atoms with Crippen LogP contribution in [-0.2, 0) is 4.79 Å². The summed E-state index contributed by atoms with van der Waals surface area (Å²) in [5.74, 6) is 1.77. The van der Waals surface area contributed by atoms with E-state index in [1.54, 1.807) is 16.6 Å². The minimum absolute atomic E-state index is 0.0845. The number of nitrogens with two attached hydrogens (primary N) is 1. The summed E-state index contributed by atoms with van der Waals surface area (Å²) in [7, 11) is 3.96. The molecule has 2 N–H and O–H groups in total. The number of anilines is 1. The zero-order valence-electron chi connectivity index (χ0n) is 19.3. The number of nitrogens with zero attached hydrogens (tertiary/aromatic N) is 5. The van der Waals surface area contributed by atoms with Gasteiger partial charge >= 0.3 is 0 Å². The minimum Gasteiger partial charge on any atom is -0.457 e. The normalized spacial score (nSPS) is 12.2. The molecule has 0 aliphatic heterocycles. The van der Waals surface area contributed by atoms with Crippen molar-refractivity contribution >= 4 is 22.8 Å². The average molecular weight is 445 g/mol. The summed E-state index contributed by atoms with van der Waals surface area (Å²) in [4.78, 5) is 23.4. The van der Waals surface area contributed by atoms with E-state index in [1.165, 1.54) is 6.33 Å². The van der Waals surface area contributed by atoms with Crippen molar-refractivity contribution in [3.8, 4) is 22.6 Å². The zero-order chi connectivity index (χ0) is 23.5. The Balaban J connectivity index is 1.76. The van der Waals surface area contributed by atoms with E-state index in [0.29, 0.717) is 23.4 Å². The van der Waals surface area contributed by atoms with Crippen LogP contribution in [-0.4, -0.2) is 52.1 Å². The maximum absolute atomic E-state index is 12.7. The molecule has 2 heterocycles. The molecule has 0 bridgehead atoms. The predicted octanol–water partition coefficient (Wildman–Crippen LogP) is 3.91. The molecule has 0 saturated heterocycles. The Bertz CT molecular complexity index is 1250. The van der Waals surface area contributed by atoms with Gasteiger partial charge < -0.3 is 15.4 Å². The molecular formula is C25H28N6O2. The van der Waals surface area contributed by atoms with Gasteiger partial charge in [0.15, 0.2) is 5.65 Å². The SMILES string of the molecule is CC(=O)N(C(C)CN(C)C)n1cc(-c2ccc(Oc3ccccc3)cc2)c2c(N)ncnc21. The van der Waals surface area contributed by atoms with Gasteiger partial charge in [0.05, 0.1) is 11.4 Å². The van der Waals surface area contributed by atoms with E-state index in [1.807, 2.05) is 86.7 Å². The van der Waals surface area contributed by atoms with Crippen LogP contribution >= 0.6 is 0 Å². The van der Waals surface area contributed by atoms with Gasteiger partial charge in [0.2, 0.25) is 5.91 Å². The number of para-hydroxylation sites is 1. The number of aromatic nitrogens is 3. The third-order valence-corrected chi connectivity index (χ3v) is 5.34. The summed E-state index contributed by atoms with van der Waals surface area (Å²) in [5.41, 5.74) is 8.62. The molecule has 8 heteroatoms. The molecule has 1 amide bonds. The molecule has 0 fully saturated rings. The van der Waals surface area contributed by atoms with E-state index >= 15 is 0 Å². The largest absolute Gasteiger partial charge is 0.457 e. The van der Waals surface area contributed by atoms with Crippen LogP contribution in [0.1, 0.15) is 13.8 Å². The van der Waals surface area contributed by atoms with Crippen LogP contribution in [0.2, 0.25) is 0 Å². The highest BCUT2D eigenvalue weighted by Gasteiger charge is 2.24. The van der Waals surface area contributed by atoms with Crippen LogP contribution < -0.4 is 15.5 Å². The van der Waals surface area contributed by atoms with E-state index in [9.17, 15) is 4.79 Å². The first-order chi connectivity index (χ1) is 15.8. The van der Waals surface area contributed by atoms with E-state index in [4.69, 9.17) is 10.5 Å². The number of carbonyl (C=O) groups excluding carboxylic acids is 1. The molecular weight excluding hydrogens is 416 g/mol. The molecule has 2 aromatic heterocycles. The topological polar surface area (TPSA) is 89.5 Å². The lowest BCUT2D eigenvalue weighted by molar-refractivity contribution is -0.118. The maximum atomic E-state index is 12.7. The van der Waals surface area contributed by atoms with Crippen molar-refractivity contribution in [2.24, 2.45) is 0 Å². The van der Waals surface area contributed by atoms with E-state index in [-0.39, 0.29) is 11.9 Å². The molecule has 1 atom stereocenters. The lowest BCUT2D eigenvalue weighted by Gasteiger charge is -2.31. The Hall–Kier alpha value is -3.91. The van der Waals surface area contributed by atoms with Gasteiger partial charge in [-0.1, -0.05) is 30.3 Å². The van der Waals surface area contributed by atoms with Crippen LogP contribution in [0.15, 0.2) is 67.1 Å². The van der Waals surface area contributed by atoms with Crippen LogP contribution in [0.4, 0.5) is 5.82 Å². The highest BCUT2D eigenvalue weighted by atomic mass is 16.5. The number of ether oxygens (including phenoxy) is 1. The van der Waals surface area contributed by atoms with Crippen molar-refractivity contribution in [3.05, 3.63) is 67.1 Å². The maximum Gasteiger partial charge on any atom is 0.238 e. The first-order valence-electron chi connectivity index (χ1n) is 10.7. The number of hydrogen-bond acceptors (Lipinski definition) is 6. The number of likely N-dealkylation sites (N-methyl/N-ethyl adjacent to an activating group) is 1. The molecule has 4 rings (SSSR count). The third-order valence-electron chi connectivity index (χ3n) is 5.34. The molecule has 0 aliphatic rings. The Morgan fingerprint density at radius 1 is 1.06 bits per heavy atom. The minimum atomic E-state index is -0.0865. The number of fused-ring (bicyclic) bond motifs is 1. The number of amides is 1. The molecule has 1 unspecified atom stereocenters. The fourth-order valence-electron chi connectivity index (χ4n) is 4.06. The Morgan fingerprint density at radius 3 is 2.36 bits per heavy atom. The number of hydrogen-bond donors (Lipinski definition) is 1. The molecule has 33 heavy (non-hydrogen) atoms. The molecule has 0 spiro atoms. The van der Waals surface area contributed by atoms with Crippen LogP contribution in [0.25, 0.3) is 22.2 Å². The monoisotopic (exact) mass is 444 g/mol. The second kappa shape index (κ2) is 9.30. The van der Waals surface area contributed by atoms with Gasteiger partial charge in [-0.05, 0) is 50.8 Å². The first kappa shape index (κ1) is 22.3. The van der Waals surface area contributed by atoms with Gasteiger partial charge in [-0.15, -0.1) is 0 Å². The number of carbonyl (C=O) groups is 1. The number of nitrogen functional groups attached to an aromatic ring is 1. The highest BCUT2D eigenvalue weighted by Crippen LogP contribution is 2.34. The fourth-order valence-corrected chi connectivity index (χ4v) is 4.06. The average Bonchev–Trinajstić information content (AvgIpc) is 3.15. The lowest BCUT2D eigenvalue weighted by atomic mass is 10.1. The molecule has 8 nitrogen and oxygen atoms in total. The second-order valence-corrected chi connectivity index (χ2v) is 8.26. The van der Waals surface area contributed by atoms with Crippen molar-refractivity contribution < 1.29 is 9.53 Å². The fraction of sp³-hybridized carbons (Fsp3) is 0.240. The molecule has 2 aromatic carbocycles. The predicted molar refractivity (Wildman–Crippen MR) is 131 cm³/mol. The molecule has 4 aromatic rings. The number of benzene rings is 2. The van der Waals surface area contributed by atoms with Gasteiger partial charge in [-0.2, -0.15) is 0 Å². The highest BCUT2D eigenvalue weighted by molar-refractivity contribution is 6.02. The van der Waals surface area contributed by atoms with E-state index < -0.39 is 0 Å². The lowest BCUT2D eigenvalue weighted by Crippen LogP contribution is -2.49. The zero-order valence-corrected chi connectivity index (χ0v) is 19.3. The van der Waals surface area contributed by atoms with Crippen molar-refractivity contribution in [3.63, 3.8) is 0 Å². The Morgan fingerprint density at radius 2 is 1.73 bits per heavy atom. The second-order valence-electron chi connectivity index (χ2n) is 8.26. The van der Waals surface area contributed by atoms with E-state index in [2.05, 4.69) is 9.97 Å². The third kappa shape index (κ3) is 4.65. The standard InChI is InChI=1S/C25H28N6O2/c1-17(14-29(3)4)31(18(2)32)30-15-22(23-24(26)27-16-28-25(23)30)19-10-12-21(13-11-19)33-20-8-6-5-7-9-20/h5-13,15-17H,14H2,1-4H3,(H2,26,27,28). The van der Waals surface area contributed by atoms with Crippen molar-refractivity contribution in [1.29, 1.82) is 0 Å². The van der Waals surface area contributed by atoms with Crippen molar-refractivity contribution in [1.82, 2.24) is 19.5 Å². The van der Waals surface area contributed by atoms with Crippen molar-refractivity contribution in [2.45, 2.75) is 19.9 Å². The van der Waals surface area contributed by atoms with Gasteiger partial charge in [0.1, 0.15) is 23.6 Å². The smallest absolute Gasteiger partial charge is 0.238 e. The van der Waals surface area contributed by atoms with E-state index in [0.717, 1.165) is 22.6 Å². The summed E-state index contributed by atoms with van der Waals surface area (Å²) in [6, 6.07) is 17.3. The van der Waals surface area contributed by atoms with Gasteiger partial charge in [0.25, 0.3) is 0 Å².